The first-order valence-corrected chi connectivity index (χ1v) is 7.31. The van der Waals surface area contributed by atoms with Crippen molar-refractivity contribution < 1.29 is 9.53 Å². The Balaban J connectivity index is 1.90. The topological polar surface area (TPSA) is 38.3 Å². The number of ether oxygens (including phenoxy) is 1. The zero-order valence-electron chi connectivity index (χ0n) is 12.6. The minimum absolute atomic E-state index is 0.0495. The van der Waals surface area contributed by atoms with Gasteiger partial charge in [-0.05, 0) is 48.7 Å². The fraction of sp³-hybridized carbons (Fsp3) is 0.278. The van der Waals surface area contributed by atoms with Crippen molar-refractivity contribution in [3.05, 3.63) is 65.2 Å². The molecule has 3 nitrogen and oxygen atoms in total. The molecular weight excluding hydrogens is 262 g/mol. The Kier molecular flexibility index (Phi) is 5.38. The number of benzene rings is 2. The molecule has 0 atom stereocenters. The van der Waals surface area contributed by atoms with Crippen molar-refractivity contribution in [2.24, 2.45) is 0 Å². The van der Waals surface area contributed by atoms with Crippen LogP contribution in [-0.2, 0) is 13.0 Å². The Morgan fingerprint density at radius 2 is 1.57 bits per heavy atom. The van der Waals surface area contributed by atoms with E-state index in [0.717, 1.165) is 17.7 Å². The van der Waals surface area contributed by atoms with Crippen LogP contribution in [0.25, 0.3) is 0 Å². The molecule has 2 aromatic carbocycles. The van der Waals surface area contributed by atoms with Gasteiger partial charge in [-0.15, -0.1) is 0 Å². The molecule has 0 aliphatic carbocycles. The number of hydrogen-bond donors (Lipinski definition) is 1. The van der Waals surface area contributed by atoms with Crippen LogP contribution in [0.15, 0.2) is 48.5 Å². The lowest BCUT2D eigenvalue weighted by molar-refractivity contribution is 0.0951. The zero-order chi connectivity index (χ0) is 15.1. The van der Waals surface area contributed by atoms with E-state index < -0.39 is 0 Å². The molecule has 110 valence electrons. The van der Waals surface area contributed by atoms with Crippen LogP contribution in [0, 0.1) is 0 Å². The molecule has 0 saturated heterocycles. The first-order chi connectivity index (χ1) is 10.2. The van der Waals surface area contributed by atoms with Crippen molar-refractivity contribution >= 4 is 5.91 Å². The van der Waals surface area contributed by atoms with Crippen molar-refractivity contribution in [3.63, 3.8) is 0 Å². The largest absolute Gasteiger partial charge is 0.494 e. The number of amides is 1. The van der Waals surface area contributed by atoms with E-state index in [9.17, 15) is 4.79 Å². The minimum atomic E-state index is -0.0495. The molecule has 0 radical (unpaired) electrons. The SMILES string of the molecule is CCOc1ccc(CNC(=O)c2ccc(CC)cc2)cc1. The molecule has 0 heterocycles. The summed E-state index contributed by atoms with van der Waals surface area (Å²) in [5, 5.41) is 2.92. The number of hydrogen-bond acceptors (Lipinski definition) is 2. The number of carbonyl (C=O) groups excluding carboxylic acids is 1. The van der Waals surface area contributed by atoms with Crippen molar-refractivity contribution in [1.29, 1.82) is 0 Å². The van der Waals surface area contributed by atoms with Gasteiger partial charge in [-0.2, -0.15) is 0 Å². The summed E-state index contributed by atoms with van der Waals surface area (Å²) in [6.07, 6.45) is 0.980. The number of rotatable bonds is 6. The summed E-state index contributed by atoms with van der Waals surface area (Å²) in [7, 11) is 0. The van der Waals surface area contributed by atoms with Gasteiger partial charge >= 0.3 is 0 Å². The second kappa shape index (κ2) is 7.48. The van der Waals surface area contributed by atoms with Crippen LogP contribution in [0.2, 0.25) is 0 Å². The summed E-state index contributed by atoms with van der Waals surface area (Å²) < 4.78 is 5.39. The molecule has 0 saturated carbocycles. The van der Waals surface area contributed by atoms with Gasteiger partial charge in [0.25, 0.3) is 5.91 Å². The monoisotopic (exact) mass is 283 g/mol. The van der Waals surface area contributed by atoms with Gasteiger partial charge in [-0.25, -0.2) is 0 Å². The quantitative estimate of drug-likeness (QED) is 0.880. The predicted molar refractivity (Wildman–Crippen MR) is 84.6 cm³/mol. The number of aryl methyl sites for hydroxylation is 1. The highest BCUT2D eigenvalue weighted by Crippen LogP contribution is 2.12. The Morgan fingerprint density at radius 3 is 2.14 bits per heavy atom. The van der Waals surface area contributed by atoms with Gasteiger partial charge in [0, 0.05) is 12.1 Å². The van der Waals surface area contributed by atoms with Crippen LogP contribution in [0.4, 0.5) is 0 Å². The van der Waals surface area contributed by atoms with Crippen LogP contribution in [0.5, 0.6) is 5.75 Å². The second-order valence-corrected chi connectivity index (χ2v) is 4.81. The molecule has 2 rings (SSSR count). The first kappa shape index (κ1) is 15.1. The molecule has 0 fully saturated rings. The van der Waals surface area contributed by atoms with Crippen molar-refractivity contribution in [3.8, 4) is 5.75 Å². The van der Waals surface area contributed by atoms with E-state index in [-0.39, 0.29) is 5.91 Å². The minimum Gasteiger partial charge on any atom is -0.494 e. The van der Waals surface area contributed by atoms with Crippen LogP contribution < -0.4 is 10.1 Å². The highest BCUT2D eigenvalue weighted by molar-refractivity contribution is 5.94. The van der Waals surface area contributed by atoms with Gasteiger partial charge in [0.05, 0.1) is 6.61 Å². The highest BCUT2D eigenvalue weighted by Gasteiger charge is 2.05. The third kappa shape index (κ3) is 4.35. The Bertz CT molecular complexity index is 573. The Labute approximate surface area is 126 Å². The molecular formula is C18H21NO2. The molecule has 1 amide bonds. The molecule has 1 N–H and O–H groups in total. The van der Waals surface area contributed by atoms with Crippen molar-refractivity contribution in [1.82, 2.24) is 5.32 Å². The maximum Gasteiger partial charge on any atom is 0.251 e. The van der Waals surface area contributed by atoms with Gasteiger partial charge in [0.2, 0.25) is 0 Å². The van der Waals surface area contributed by atoms with E-state index in [2.05, 4.69) is 12.2 Å². The summed E-state index contributed by atoms with van der Waals surface area (Å²) in [4.78, 5) is 12.1. The molecule has 0 spiro atoms. The van der Waals surface area contributed by atoms with E-state index in [4.69, 9.17) is 4.74 Å². The van der Waals surface area contributed by atoms with E-state index in [1.54, 1.807) is 0 Å². The maximum absolute atomic E-state index is 12.1. The second-order valence-electron chi connectivity index (χ2n) is 4.81. The average molecular weight is 283 g/mol. The van der Waals surface area contributed by atoms with Crippen LogP contribution in [0.3, 0.4) is 0 Å². The molecule has 0 aliphatic rings. The lowest BCUT2D eigenvalue weighted by Gasteiger charge is -2.07. The standard InChI is InChI=1S/C18H21NO2/c1-3-14-5-9-16(10-6-14)18(20)19-13-15-7-11-17(12-8-15)21-4-2/h5-12H,3-4,13H2,1-2H3,(H,19,20). The first-order valence-electron chi connectivity index (χ1n) is 7.31. The average Bonchev–Trinajstić information content (AvgIpc) is 2.54. The molecule has 2 aromatic rings. The Hall–Kier alpha value is -2.29. The molecule has 0 bridgehead atoms. The third-order valence-corrected chi connectivity index (χ3v) is 3.31. The zero-order valence-corrected chi connectivity index (χ0v) is 12.6. The molecule has 3 heteroatoms. The summed E-state index contributed by atoms with van der Waals surface area (Å²) in [6.45, 7) is 5.23. The van der Waals surface area contributed by atoms with Gasteiger partial charge in [0.15, 0.2) is 0 Å². The fourth-order valence-electron chi connectivity index (χ4n) is 2.05. The normalized spacial score (nSPS) is 10.2. The molecule has 21 heavy (non-hydrogen) atoms. The van der Waals surface area contributed by atoms with Crippen LogP contribution in [0.1, 0.15) is 35.3 Å². The summed E-state index contributed by atoms with van der Waals surface area (Å²) >= 11 is 0. The maximum atomic E-state index is 12.1. The summed E-state index contributed by atoms with van der Waals surface area (Å²) in [6, 6.07) is 15.5. The third-order valence-electron chi connectivity index (χ3n) is 3.31. The molecule has 0 aliphatic heterocycles. The van der Waals surface area contributed by atoms with Gasteiger partial charge in [-0.1, -0.05) is 31.2 Å². The smallest absolute Gasteiger partial charge is 0.251 e. The summed E-state index contributed by atoms with van der Waals surface area (Å²) in [5.41, 5.74) is 2.98. The van der Waals surface area contributed by atoms with Crippen molar-refractivity contribution in [2.45, 2.75) is 26.8 Å². The van der Waals surface area contributed by atoms with Crippen molar-refractivity contribution in [2.75, 3.05) is 6.61 Å². The lowest BCUT2D eigenvalue weighted by Crippen LogP contribution is -2.22. The fourth-order valence-corrected chi connectivity index (χ4v) is 2.05. The molecule has 0 aromatic heterocycles. The van der Waals surface area contributed by atoms with E-state index in [1.807, 2.05) is 55.5 Å². The van der Waals surface area contributed by atoms with Gasteiger partial charge < -0.3 is 10.1 Å². The Morgan fingerprint density at radius 1 is 0.952 bits per heavy atom. The van der Waals surface area contributed by atoms with Gasteiger partial charge in [0.1, 0.15) is 5.75 Å². The van der Waals surface area contributed by atoms with E-state index in [0.29, 0.717) is 18.7 Å². The number of carbonyl (C=O) groups is 1. The highest BCUT2D eigenvalue weighted by atomic mass is 16.5. The predicted octanol–water partition coefficient (Wildman–Crippen LogP) is 3.58. The van der Waals surface area contributed by atoms with E-state index in [1.165, 1.54) is 5.56 Å². The van der Waals surface area contributed by atoms with Gasteiger partial charge in [-0.3, -0.25) is 4.79 Å². The van der Waals surface area contributed by atoms with E-state index >= 15 is 0 Å². The summed E-state index contributed by atoms with van der Waals surface area (Å²) in [5.74, 6) is 0.800. The lowest BCUT2D eigenvalue weighted by atomic mass is 10.1. The molecule has 0 unspecified atom stereocenters. The van der Waals surface area contributed by atoms with Crippen LogP contribution in [-0.4, -0.2) is 12.5 Å². The van der Waals surface area contributed by atoms with Crippen LogP contribution >= 0.6 is 0 Å². The number of nitrogens with one attached hydrogen (secondary N) is 1.